The summed E-state index contributed by atoms with van der Waals surface area (Å²) in [5.41, 5.74) is 2.99. The number of rotatable bonds is 4. The third-order valence-corrected chi connectivity index (χ3v) is 5.01. The number of nitrogens with zero attached hydrogens (tertiary/aromatic N) is 2. The highest BCUT2D eigenvalue weighted by molar-refractivity contribution is 5.54. The van der Waals surface area contributed by atoms with Gasteiger partial charge in [0.2, 0.25) is 0 Å². The molecule has 1 aromatic rings. The number of nitrogens with one attached hydrogen (secondary N) is 1. The van der Waals surface area contributed by atoms with E-state index < -0.39 is 0 Å². The van der Waals surface area contributed by atoms with Gasteiger partial charge in [-0.15, -0.1) is 0 Å². The van der Waals surface area contributed by atoms with E-state index in [1.165, 1.54) is 50.1 Å². The zero-order valence-corrected chi connectivity index (χ0v) is 13.5. The van der Waals surface area contributed by atoms with Crippen LogP contribution in [0.1, 0.15) is 32.3 Å². The van der Waals surface area contributed by atoms with E-state index >= 15 is 0 Å². The molecule has 1 unspecified atom stereocenters. The Balaban J connectivity index is 1.67. The summed E-state index contributed by atoms with van der Waals surface area (Å²) in [6, 6.07) is 10.4. The minimum Gasteiger partial charge on any atom is -0.369 e. The van der Waals surface area contributed by atoms with Gasteiger partial charge in [-0.2, -0.15) is 0 Å². The molecule has 1 aromatic carbocycles. The summed E-state index contributed by atoms with van der Waals surface area (Å²) in [7, 11) is 0. The van der Waals surface area contributed by atoms with E-state index in [1.807, 2.05) is 0 Å². The monoisotopic (exact) mass is 287 g/mol. The average molecular weight is 287 g/mol. The predicted molar refractivity (Wildman–Crippen MR) is 90.1 cm³/mol. The van der Waals surface area contributed by atoms with E-state index in [0.29, 0.717) is 12.1 Å². The number of hydrogen-bond donors (Lipinski definition) is 1. The Morgan fingerprint density at radius 2 is 1.90 bits per heavy atom. The fraction of sp³-hybridized carbons (Fsp3) is 0.667. The van der Waals surface area contributed by atoms with Crippen LogP contribution in [-0.2, 0) is 6.42 Å². The van der Waals surface area contributed by atoms with Crippen LogP contribution in [-0.4, -0.2) is 49.7 Å². The predicted octanol–water partition coefficient (Wildman–Crippen LogP) is 2.51. The van der Waals surface area contributed by atoms with Crippen molar-refractivity contribution in [2.45, 2.75) is 45.2 Å². The summed E-state index contributed by atoms with van der Waals surface area (Å²) >= 11 is 0. The van der Waals surface area contributed by atoms with Crippen molar-refractivity contribution in [3.05, 3.63) is 29.8 Å². The van der Waals surface area contributed by atoms with E-state index in [0.717, 1.165) is 13.1 Å². The van der Waals surface area contributed by atoms with Crippen molar-refractivity contribution >= 4 is 5.69 Å². The Morgan fingerprint density at radius 1 is 1.14 bits per heavy atom. The van der Waals surface area contributed by atoms with Crippen molar-refractivity contribution < 1.29 is 0 Å². The topological polar surface area (TPSA) is 18.5 Å². The van der Waals surface area contributed by atoms with Crippen LogP contribution in [0.4, 0.5) is 5.69 Å². The molecular weight excluding hydrogens is 258 g/mol. The van der Waals surface area contributed by atoms with Crippen LogP contribution in [0.15, 0.2) is 24.3 Å². The van der Waals surface area contributed by atoms with Gasteiger partial charge in [0.1, 0.15) is 0 Å². The second kappa shape index (κ2) is 6.80. The Kier molecular flexibility index (Phi) is 4.81. The van der Waals surface area contributed by atoms with Crippen molar-refractivity contribution in [2.75, 3.05) is 37.6 Å². The molecule has 2 heterocycles. The molecule has 2 saturated heterocycles. The SMILES string of the molecule is CC(C)N1CCN(c2ccccc2CC2CCCN2)CC1. The third-order valence-electron chi connectivity index (χ3n) is 5.01. The van der Waals surface area contributed by atoms with Crippen molar-refractivity contribution in [2.24, 2.45) is 0 Å². The molecule has 3 heteroatoms. The van der Waals surface area contributed by atoms with Gasteiger partial charge < -0.3 is 10.2 Å². The number of anilines is 1. The molecule has 116 valence electrons. The summed E-state index contributed by atoms with van der Waals surface area (Å²) in [5.74, 6) is 0. The smallest absolute Gasteiger partial charge is 0.0400 e. The third kappa shape index (κ3) is 3.58. The minimum atomic E-state index is 0.671. The van der Waals surface area contributed by atoms with Crippen LogP contribution in [0.2, 0.25) is 0 Å². The van der Waals surface area contributed by atoms with E-state index in [4.69, 9.17) is 0 Å². The quantitative estimate of drug-likeness (QED) is 0.918. The first-order valence-corrected chi connectivity index (χ1v) is 8.54. The average Bonchev–Trinajstić information content (AvgIpc) is 3.01. The van der Waals surface area contributed by atoms with Crippen LogP contribution in [0.5, 0.6) is 0 Å². The molecule has 2 aliphatic heterocycles. The van der Waals surface area contributed by atoms with E-state index in [1.54, 1.807) is 0 Å². The maximum Gasteiger partial charge on any atom is 0.0400 e. The van der Waals surface area contributed by atoms with Crippen LogP contribution in [0.3, 0.4) is 0 Å². The van der Waals surface area contributed by atoms with E-state index in [2.05, 4.69) is 53.2 Å². The molecule has 3 nitrogen and oxygen atoms in total. The summed E-state index contributed by atoms with van der Waals surface area (Å²) in [4.78, 5) is 5.17. The van der Waals surface area contributed by atoms with E-state index in [-0.39, 0.29) is 0 Å². The molecule has 0 bridgehead atoms. The van der Waals surface area contributed by atoms with Gasteiger partial charge in [0.15, 0.2) is 0 Å². The summed E-state index contributed by atoms with van der Waals surface area (Å²) in [6.45, 7) is 10.5. The minimum absolute atomic E-state index is 0.671. The molecular formula is C18H29N3. The fourth-order valence-electron chi connectivity index (χ4n) is 3.67. The molecule has 2 aliphatic rings. The normalized spacial score (nSPS) is 24.0. The Bertz CT molecular complexity index is 444. The lowest BCUT2D eigenvalue weighted by molar-refractivity contribution is 0.209. The number of piperazine rings is 1. The summed E-state index contributed by atoms with van der Waals surface area (Å²) < 4.78 is 0. The first kappa shape index (κ1) is 14.9. The van der Waals surface area contributed by atoms with Crippen molar-refractivity contribution in [1.29, 1.82) is 0 Å². The lowest BCUT2D eigenvalue weighted by atomic mass is 10.0. The van der Waals surface area contributed by atoms with Crippen LogP contribution >= 0.6 is 0 Å². The first-order chi connectivity index (χ1) is 10.2. The van der Waals surface area contributed by atoms with Crippen LogP contribution in [0, 0.1) is 0 Å². The fourth-order valence-corrected chi connectivity index (χ4v) is 3.67. The molecule has 0 spiro atoms. The molecule has 0 radical (unpaired) electrons. The van der Waals surface area contributed by atoms with E-state index in [9.17, 15) is 0 Å². The zero-order valence-electron chi connectivity index (χ0n) is 13.5. The van der Waals surface area contributed by atoms with Crippen LogP contribution in [0.25, 0.3) is 0 Å². The highest BCUT2D eigenvalue weighted by Gasteiger charge is 2.22. The molecule has 0 aromatic heterocycles. The zero-order chi connectivity index (χ0) is 14.7. The van der Waals surface area contributed by atoms with Crippen LogP contribution < -0.4 is 10.2 Å². The van der Waals surface area contributed by atoms with Gasteiger partial charge in [0, 0.05) is 44.0 Å². The van der Waals surface area contributed by atoms with Gasteiger partial charge >= 0.3 is 0 Å². The molecule has 3 rings (SSSR count). The second-order valence-electron chi connectivity index (χ2n) is 6.74. The van der Waals surface area contributed by atoms with Crippen molar-refractivity contribution in [1.82, 2.24) is 10.2 Å². The maximum atomic E-state index is 3.63. The van der Waals surface area contributed by atoms with Crippen molar-refractivity contribution in [3.8, 4) is 0 Å². The largest absolute Gasteiger partial charge is 0.369 e. The molecule has 0 aliphatic carbocycles. The lowest BCUT2D eigenvalue weighted by Gasteiger charge is -2.39. The summed E-state index contributed by atoms with van der Waals surface area (Å²) in [5, 5.41) is 3.63. The Labute approximate surface area is 129 Å². The van der Waals surface area contributed by atoms with Crippen molar-refractivity contribution in [3.63, 3.8) is 0 Å². The first-order valence-electron chi connectivity index (χ1n) is 8.54. The van der Waals surface area contributed by atoms with Gasteiger partial charge in [-0.1, -0.05) is 18.2 Å². The molecule has 0 amide bonds. The van der Waals surface area contributed by atoms with Gasteiger partial charge in [0.05, 0.1) is 0 Å². The lowest BCUT2D eigenvalue weighted by Crippen LogP contribution is -2.49. The van der Waals surface area contributed by atoms with Gasteiger partial charge in [0.25, 0.3) is 0 Å². The molecule has 21 heavy (non-hydrogen) atoms. The van der Waals surface area contributed by atoms with Gasteiger partial charge in [-0.25, -0.2) is 0 Å². The highest BCUT2D eigenvalue weighted by atomic mass is 15.3. The molecule has 2 fully saturated rings. The standard InChI is InChI=1S/C18H29N3/c1-15(2)20-10-12-21(13-11-20)18-8-4-3-6-16(18)14-17-7-5-9-19-17/h3-4,6,8,15,17,19H,5,7,9-14H2,1-2H3. The van der Waals surface area contributed by atoms with Gasteiger partial charge in [-0.05, 0) is 51.3 Å². The Hall–Kier alpha value is -1.06. The molecule has 0 saturated carbocycles. The number of hydrogen-bond acceptors (Lipinski definition) is 3. The molecule has 1 atom stereocenters. The van der Waals surface area contributed by atoms with Gasteiger partial charge in [-0.3, -0.25) is 4.90 Å². The Morgan fingerprint density at radius 3 is 2.57 bits per heavy atom. The number of para-hydroxylation sites is 1. The highest BCUT2D eigenvalue weighted by Crippen LogP contribution is 2.25. The summed E-state index contributed by atoms with van der Waals surface area (Å²) in [6.07, 6.45) is 3.84. The maximum absolute atomic E-state index is 3.63. The number of benzene rings is 1. The molecule has 1 N–H and O–H groups in total. The second-order valence-corrected chi connectivity index (χ2v) is 6.74.